The highest BCUT2D eigenvalue weighted by atomic mass is 31.1. The van der Waals surface area contributed by atoms with Crippen LogP contribution in [0.3, 0.4) is 0 Å². The van der Waals surface area contributed by atoms with Gasteiger partial charge in [-0.05, 0) is 23.6 Å². The molecule has 5 rings (SSSR count). The lowest BCUT2D eigenvalue weighted by Crippen LogP contribution is -2.38. The van der Waals surface area contributed by atoms with Gasteiger partial charge in [0.2, 0.25) is 0 Å². The molecule has 7 nitrogen and oxygen atoms in total. The van der Waals surface area contributed by atoms with E-state index in [1.54, 1.807) is 0 Å². The Labute approximate surface area is 186 Å². The number of hydrogen-bond donors (Lipinski definition) is 2. The molecule has 2 atom stereocenters. The summed E-state index contributed by atoms with van der Waals surface area (Å²) < 4.78 is 16.3. The molecular formula is C24H24N3O4P. The summed E-state index contributed by atoms with van der Waals surface area (Å²) in [5, 5.41) is 4.90. The summed E-state index contributed by atoms with van der Waals surface area (Å²) >= 11 is 0. The van der Waals surface area contributed by atoms with Crippen LogP contribution in [0.1, 0.15) is 35.5 Å². The SMILES string of the molecule is CC1OC1c1ncn(C(c2ccccc2)(c2ccccc2)c2ccccc2)n1.O=[PH](O)O. The van der Waals surface area contributed by atoms with Crippen molar-refractivity contribution in [1.29, 1.82) is 0 Å². The van der Waals surface area contributed by atoms with Crippen LogP contribution in [0.5, 0.6) is 0 Å². The van der Waals surface area contributed by atoms with E-state index >= 15 is 0 Å². The summed E-state index contributed by atoms with van der Waals surface area (Å²) in [5.41, 5.74) is 2.78. The summed E-state index contributed by atoms with van der Waals surface area (Å²) in [6.45, 7) is 2.05. The van der Waals surface area contributed by atoms with Gasteiger partial charge in [-0.2, -0.15) is 5.10 Å². The standard InChI is InChI=1S/C24H21N3O.H3O3P/c1-18-22(28-18)23-25-17-27(26-23)24(19-11-5-2-6-12-19,20-13-7-3-8-14-20)21-15-9-4-10-16-21;1-4(2)3/h2-18,22H,1H3;4H,(H2,1,2,3). The molecule has 1 saturated heterocycles. The van der Waals surface area contributed by atoms with Crippen molar-refractivity contribution in [2.45, 2.75) is 24.7 Å². The second kappa shape index (κ2) is 9.59. The van der Waals surface area contributed by atoms with Crippen molar-refractivity contribution in [1.82, 2.24) is 14.8 Å². The van der Waals surface area contributed by atoms with E-state index in [2.05, 4.69) is 77.8 Å². The second-order valence-corrected chi connectivity index (χ2v) is 7.97. The minimum atomic E-state index is -3.13. The molecule has 0 aliphatic carbocycles. The lowest BCUT2D eigenvalue weighted by molar-refractivity contribution is 0.373. The number of aromatic nitrogens is 3. The molecule has 32 heavy (non-hydrogen) atoms. The van der Waals surface area contributed by atoms with Crippen LogP contribution in [0, 0.1) is 0 Å². The van der Waals surface area contributed by atoms with Crippen molar-refractivity contribution in [3.05, 3.63) is 120 Å². The van der Waals surface area contributed by atoms with Crippen LogP contribution in [-0.4, -0.2) is 30.7 Å². The van der Waals surface area contributed by atoms with Crippen LogP contribution >= 0.6 is 8.25 Å². The minimum Gasteiger partial charge on any atom is -0.361 e. The third-order valence-corrected chi connectivity index (χ3v) is 5.39. The van der Waals surface area contributed by atoms with Gasteiger partial charge in [0.25, 0.3) is 0 Å². The summed E-state index contributed by atoms with van der Waals surface area (Å²) in [4.78, 5) is 18.9. The van der Waals surface area contributed by atoms with E-state index in [1.807, 2.05) is 36.1 Å². The molecule has 0 amide bonds. The number of epoxide rings is 1. The fourth-order valence-corrected chi connectivity index (χ4v) is 3.96. The van der Waals surface area contributed by atoms with E-state index in [9.17, 15) is 0 Å². The van der Waals surface area contributed by atoms with Gasteiger partial charge < -0.3 is 14.5 Å². The van der Waals surface area contributed by atoms with E-state index < -0.39 is 13.8 Å². The van der Waals surface area contributed by atoms with E-state index in [1.165, 1.54) is 0 Å². The number of benzene rings is 3. The van der Waals surface area contributed by atoms with E-state index in [4.69, 9.17) is 24.2 Å². The average molecular weight is 449 g/mol. The predicted octanol–water partition coefficient (Wildman–Crippen LogP) is 3.94. The quantitative estimate of drug-likeness (QED) is 0.272. The van der Waals surface area contributed by atoms with Crippen molar-refractivity contribution in [2.24, 2.45) is 0 Å². The zero-order valence-electron chi connectivity index (χ0n) is 17.4. The third kappa shape index (κ3) is 4.42. The highest BCUT2D eigenvalue weighted by Crippen LogP contribution is 2.41. The Bertz CT molecular complexity index is 1070. The Morgan fingerprint density at radius 2 is 1.22 bits per heavy atom. The smallest absolute Gasteiger partial charge is 0.314 e. The Balaban J connectivity index is 0.000000567. The highest BCUT2D eigenvalue weighted by molar-refractivity contribution is 7.30. The van der Waals surface area contributed by atoms with Gasteiger partial charge >= 0.3 is 8.25 Å². The summed E-state index contributed by atoms with van der Waals surface area (Å²) in [6.07, 6.45) is 1.99. The van der Waals surface area contributed by atoms with Crippen molar-refractivity contribution in [2.75, 3.05) is 0 Å². The molecule has 2 heterocycles. The van der Waals surface area contributed by atoms with Crippen LogP contribution in [0.4, 0.5) is 0 Å². The van der Waals surface area contributed by atoms with Crippen LogP contribution < -0.4 is 0 Å². The van der Waals surface area contributed by atoms with Gasteiger partial charge in [-0.1, -0.05) is 91.0 Å². The van der Waals surface area contributed by atoms with E-state index in [0.717, 1.165) is 22.5 Å². The maximum atomic E-state index is 8.74. The lowest BCUT2D eigenvalue weighted by atomic mass is 9.77. The van der Waals surface area contributed by atoms with Crippen LogP contribution in [0.2, 0.25) is 0 Å². The Morgan fingerprint density at radius 1 is 0.844 bits per heavy atom. The molecule has 0 spiro atoms. The number of nitrogens with zero attached hydrogens (tertiary/aromatic N) is 3. The number of hydrogen-bond acceptors (Lipinski definition) is 4. The monoisotopic (exact) mass is 449 g/mol. The minimum absolute atomic E-state index is 0.0127. The highest BCUT2D eigenvalue weighted by Gasteiger charge is 2.43. The topological polar surface area (TPSA) is 101 Å². The van der Waals surface area contributed by atoms with Gasteiger partial charge in [0.15, 0.2) is 5.82 Å². The molecule has 2 N–H and O–H groups in total. The van der Waals surface area contributed by atoms with E-state index in [-0.39, 0.29) is 12.2 Å². The fraction of sp³-hybridized carbons (Fsp3) is 0.167. The third-order valence-electron chi connectivity index (χ3n) is 5.39. The first-order chi connectivity index (χ1) is 15.5. The predicted molar refractivity (Wildman–Crippen MR) is 121 cm³/mol. The Kier molecular flexibility index (Phi) is 6.63. The van der Waals surface area contributed by atoms with Gasteiger partial charge in [0, 0.05) is 0 Å². The molecule has 2 unspecified atom stereocenters. The summed E-state index contributed by atoms with van der Waals surface area (Å²) in [7, 11) is -3.13. The molecule has 1 aromatic heterocycles. The van der Waals surface area contributed by atoms with Crippen LogP contribution in [0.15, 0.2) is 97.3 Å². The first kappa shape index (κ1) is 22.1. The maximum absolute atomic E-state index is 8.74. The molecule has 0 bridgehead atoms. The Morgan fingerprint density at radius 3 is 1.56 bits per heavy atom. The first-order valence-corrected chi connectivity index (χ1v) is 11.5. The van der Waals surface area contributed by atoms with Gasteiger partial charge in [0.1, 0.15) is 18.0 Å². The first-order valence-electron chi connectivity index (χ1n) is 10.2. The maximum Gasteiger partial charge on any atom is 0.314 e. The zero-order chi connectivity index (χ0) is 22.6. The van der Waals surface area contributed by atoms with Crippen molar-refractivity contribution in [3.8, 4) is 0 Å². The fourth-order valence-electron chi connectivity index (χ4n) is 3.96. The molecule has 8 heteroatoms. The second-order valence-electron chi connectivity index (χ2n) is 7.40. The number of ether oxygens (including phenoxy) is 1. The molecule has 1 aliphatic rings. The van der Waals surface area contributed by atoms with Crippen molar-refractivity contribution >= 4 is 8.25 Å². The lowest BCUT2D eigenvalue weighted by Gasteiger charge is -2.35. The number of rotatable bonds is 5. The van der Waals surface area contributed by atoms with Crippen LogP contribution in [0.25, 0.3) is 0 Å². The van der Waals surface area contributed by atoms with Gasteiger partial charge in [-0.3, -0.25) is 4.57 Å². The molecular weight excluding hydrogens is 425 g/mol. The van der Waals surface area contributed by atoms with Gasteiger partial charge in [0.05, 0.1) is 6.10 Å². The molecule has 0 radical (unpaired) electrons. The molecule has 4 aromatic rings. The largest absolute Gasteiger partial charge is 0.361 e. The zero-order valence-corrected chi connectivity index (χ0v) is 18.4. The van der Waals surface area contributed by atoms with Crippen LogP contribution in [-0.2, 0) is 14.8 Å². The van der Waals surface area contributed by atoms with Crippen molar-refractivity contribution in [3.63, 3.8) is 0 Å². The summed E-state index contributed by atoms with van der Waals surface area (Å²) in [6, 6.07) is 31.4. The molecule has 0 saturated carbocycles. The summed E-state index contributed by atoms with van der Waals surface area (Å²) in [5.74, 6) is 0.736. The van der Waals surface area contributed by atoms with Crippen molar-refractivity contribution < 1.29 is 19.1 Å². The molecule has 164 valence electrons. The van der Waals surface area contributed by atoms with Gasteiger partial charge in [-0.15, -0.1) is 0 Å². The average Bonchev–Trinajstić information content (AvgIpc) is 3.34. The molecule has 1 aliphatic heterocycles. The molecule has 3 aromatic carbocycles. The van der Waals surface area contributed by atoms with E-state index in [0.29, 0.717) is 0 Å². The van der Waals surface area contributed by atoms with Gasteiger partial charge in [-0.25, -0.2) is 9.67 Å². The normalized spacial score (nSPS) is 17.5. The molecule has 1 fully saturated rings. The Hall–Kier alpha value is -3.09.